The van der Waals surface area contributed by atoms with Crippen LogP contribution in [-0.2, 0) is 0 Å². The second kappa shape index (κ2) is 7.68. The number of hydrogen-bond donors (Lipinski definition) is 1. The van der Waals surface area contributed by atoms with Gasteiger partial charge >= 0.3 is 6.03 Å². The number of amides is 2. The number of hydrogen-bond acceptors (Lipinski definition) is 5. The zero-order chi connectivity index (χ0) is 18.0. The van der Waals surface area contributed by atoms with Crippen molar-refractivity contribution in [1.82, 2.24) is 19.8 Å². The standard InChI is InChI=1S/C17H22ClN5OS/c1-11-10-22(2)7-6-13(11)23(3)17(24)21-12-8-19-16(20-9-12)14-4-5-15(18)25-14/h4-5,8-9,11,13H,6-7,10H2,1-3H3,(H,21,24). The average molecular weight is 380 g/mol. The summed E-state index contributed by atoms with van der Waals surface area (Å²) in [5, 5.41) is 2.88. The van der Waals surface area contributed by atoms with Gasteiger partial charge in [-0.05, 0) is 38.1 Å². The van der Waals surface area contributed by atoms with Crippen LogP contribution < -0.4 is 5.32 Å². The van der Waals surface area contributed by atoms with Gasteiger partial charge in [0, 0.05) is 19.6 Å². The van der Waals surface area contributed by atoms with Crippen LogP contribution in [0.1, 0.15) is 13.3 Å². The molecule has 0 aliphatic carbocycles. The Hall–Kier alpha value is -1.70. The van der Waals surface area contributed by atoms with E-state index in [9.17, 15) is 4.79 Å². The molecule has 0 spiro atoms. The number of rotatable bonds is 3. The van der Waals surface area contributed by atoms with E-state index >= 15 is 0 Å². The maximum Gasteiger partial charge on any atom is 0.321 e. The summed E-state index contributed by atoms with van der Waals surface area (Å²) >= 11 is 7.36. The molecular weight excluding hydrogens is 358 g/mol. The van der Waals surface area contributed by atoms with Crippen LogP contribution in [0.15, 0.2) is 24.5 Å². The van der Waals surface area contributed by atoms with Crippen molar-refractivity contribution in [2.24, 2.45) is 5.92 Å². The Balaban J connectivity index is 1.62. The zero-order valence-corrected chi connectivity index (χ0v) is 16.1. The Labute approximate surface area is 156 Å². The molecule has 0 saturated carbocycles. The molecule has 0 aromatic carbocycles. The number of carbonyl (C=O) groups excluding carboxylic acids is 1. The first kappa shape index (κ1) is 18.1. The Morgan fingerprint density at radius 1 is 1.40 bits per heavy atom. The van der Waals surface area contributed by atoms with Crippen molar-refractivity contribution < 1.29 is 4.79 Å². The van der Waals surface area contributed by atoms with Gasteiger partial charge in [0.25, 0.3) is 0 Å². The lowest BCUT2D eigenvalue weighted by molar-refractivity contribution is 0.113. The molecule has 2 atom stereocenters. The molecule has 1 fully saturated rings. The molecule has 1 N–H and O–H groups in total. The van der Waals surface area contributed by atoms with E-state index in [4.69, 9.17) is 11.6 Å². The van der Waals surface area contributed by atoms with Crippen LogP contribution in [-0.4, -0.2) is 59.0 Å². The van der Waals surface area contributed by atoms with Crippen LogP contribution in [0.2, 0.25) is 4.34 Å². The molecule has 0 radical (unpaired) electrons. The highest BCUT2D eigenvalue weighted by atomic mass is 35.5. The SMILES string of the molecule is CC1CN(C)CCC1N(C)C(=O)Nc1cnc(-c2ccc(Cl)s2)nc1. The second-order valence-electron chi connectivity index (χ2n) is 6.54. The van der Waals surface area contributed by atoms with Gasteiger partial charge in [0.15, 0.2) is 5.82 Å². The van der Waals surface area contributed by atoms with Crippen LogP contribution in [0.5, 0.6) is 0 Å². The Morgan fingerprint density at radius 3 is 2.72 bits per heavy atom. The lowest BCUT2D eigenvalue weighted by Crippen LogP contribution is -2.50. The fourth-order valence-corrected chi connectivity index (χ4v) is 4.22. The summed E-state index contributed by atoms with van der Waals surface area (Å²) in [5.74, 6) is 1.05. The van der Waals surface area contributed by atoms with Crippen molar-refractivity contribution in [3.8, 4) is 10.7 Å². The fraction of sp³-hybridized carbons (Fsp3) is 0.471. The normalized spacial score (nSPS) is 21.1. The summed E-state index contributed by atoms with van der Waals surface area (Å²) in [6.07, 6.45) is 4.23. The van der Waals surface area contributed by atoms with Gasteiger partial charge < -0.3 is 15.1 Å². The van der Waals surface area contributed by atoms with Gasteiger partial charge in [0.2, 0.25) is 0 Å². The van der Waals surface area contributed by atoms with E-state index in [2.05, 4.69) is 34.2 Å². The molecule has 2 aromatic rings. The van der Waals surface area contributed by atoms with E-state index < -0.39 is 0 Å². The molecule has 3 heterocycles. The predicted octanol–water partition coefficient (Wildman–Crippen LogP) is 3.66. The number of nitrogens with one attached hydrogen (secondary N) is 1. The maximum absolute atomic E-state index is 12.5. The monoisotopic (exact) mass is 379 g/mol. The van der Waals surface area contributed by atoms with E-state index in [0.717, 1.165) is 24.4 Å². The van der Waals surface area contributed by atoms with Gasteiger partial charge in [-0.25, -0.2) is 14.8 Å². The molecule has 8 heteroatoms. The predicted molar refractivity (Wildman–Crippen MR) is 102 cm³/mol. The maximum atomic E-state index is 12.5. The number of halogens is 1. The highest BCUT2D eigenvalue weighted by Crippen LogP contribution is 2.28. The lowest BCUT2D eigenvalue weighted by Gasteiger charge is -2.39. The molecule has 1 aliphatic heterocycles. The number of carbonyl (C=O) groups is 1. The number of nitrogens with zero attached hydrogens (tertiary/aromatic N) is 4. The van der Waals surface area contributed by atoms with Crippen LogP contribution in [0.25, 0.3) is 10.7 Å². The smallest absolute Gasteiger partial charge is 0.321 e. The minimum atomic E-state index is -0.128. The van der Waals surface area contributed by atoms with E-state index in [1.807, 2.05) is 19.2 Å². The summed E-state index contributed by atoms with van der Waals surface area (Å²) < 4.78 is 0.699. The largest absolute Gasteiger partial charge is 0.324 e. The zero-order valence-electron chi connectivity index (χ0n) is 14.6. The molecule has 2 unspecified atom stereocenters. The van der Waals surface area contributed by atoms with Gasteiger partial charge in [-0.3, -0.25) is 0 Å². The molecule has 3 rings (SSSR count). The van der Waals surface area contributed by atoms with E-state index in [1.165, 1.54) is 11.3 Å². The lowest BCUT2D eigenvalue weighted by atomic mass is 9.93. The van der Waals surface area contributed by atoms with Gasteiger partial charge in [0.1, 0.15) is 0 Å². The topological polar surface area (TPSA) is 61.4 Å². The van der Waals surface area contributed by atoms with Crippen molar-refractivity contribution in [3.63, 3.8) is 0 Å². The summed E-state index contributed by atoms with van der Waals surface area (Å²) in [5.41, 5.74) is 0.587. The van der Waals surface area contributed by atoms with Crippen molar-refractivity contribution in [2.45, 2.75) is 19.4 Å². The number of anilines is 1. The molecule has 2 amide bonds. The molecule has 25 heavy (non-hydrogen) atoms. The van der Waals surface area contributed by atoms with Crippen LogP contribution in [0, 0.1) is 5.92 Å². The first-order chi connectivity index (χ1) is 11.9. The highest BCUT2D eigenvalue weighted by Gasteiger charge is 2.29. The molecule has 1 aliphatic rings. The summed E-state index contributed by atoms with van der Waals surface area (Å²) in [4.78, 5) is 26.2. The quantitative estimate of drug-likeness (QED) is 0.883. The Kier molecular flexibility index (Phi) is 5.56. The molecule has 134 valence electrons. The Morgan fingerprint density at radius 2 is 2.12 bits per heavy atom. The van der Waals surface area contributed by atoms with Crippen LogP contribution in [0.3, 0.4) is 0 Å². The first-order valence-corrected chi connectivity index (χ1v) is 9.43. The third kappa shape index (κ3) is 4.29. The van der Waals surface area contributed by atoms with Crippen molar-refractivity contribution >= 4 is 34.7 Å². The number of urea groups is 1. The van der Waals surface area contributed by atoms with E-state index in [1.54, 1.807) is 17.3 Å². The van der Waals surface area contributed by atoms with Crippen LogP contribution >= 0.6 is 22.9 Å². The number of likely N-dealkylation sites (tertiary alicyclic amines) is 1. The van der Waals surface area contributed by atoms with E-state index in [-0.39, 0.29) is 12.1 Å². The highest BCUT2D eigenvalue weighted by molar-refractivity contribution is 7.19. The summed E-state index contributed by atoms with van der Waals surface area (Å²) in [6.45, 7) is 4.20. The molecular formula is C17H22ClN5OS. The van der Waals surface area contributed by atoms with Crippen LogP contribution in [0.4, 0.5) is 10.5 Å². The third-order valence-electron chi connectivity index (χ3n) is 4.58. The second-order valence-corrected chi connectivity index (χ2v) is 8.25. The number of aromatic nitrogens is 2. The summed E-state index contributed by atoms with van der Waals surface area (Å²) in [7, 11) is 3.97. The van der Waals surface area contributed by atoms with Crippen molar-refractivity contribution in [1.29, 1.82) is 0 Å². The third-order valence-corrected chi connectivity index (χ3v) is 5.80. The van der Waals surface area contributed by atoms with E-state index in [0.29, 0.717) is 21.8 Å². The van der Waals surface area contributed by atoms with Crippen molar-refractivity contribution in [2.75, 3.05) is 32.5 Å². The van der Waals surface area contributed by atoms with Gasteiger partial charge in [-0.2, -0.15) is 0 Å². The van der Waals surface area contributed by atoms with Gasteiger partial charge in [-0.1, -0.05) is 18.5 Å². The fourth-order valence-electron chi connectivity index (χ4n) is 3.23. The molecule has 2 aromatic heterocycles. The minimum Gasteiger partial charge on any atom is -0.324 e. The number of piperidine rings is 1. The molecule has 0 bridgehead atoms. The minimum absolute atomic E-state index is 0.128. The van der Waals surface area contributed by atoms with Gasteiger partial charge in [-0.15, -0.1) is 11.3 Å². The number of thiophene rings is 1. The Bertz CT molecular complexity index is 735. The van der Waals surface area contributed by atoms with Gasteiger partial charge in [0.05, 0.1) is 27.3 Å². The van der Waals surface area contributed by atoms with Crippen molar-refractivity contribution in [3.05, 3.63) is 28.9 Å². The average Bonchev–Trinajstić information content (AvgIpc) is 3.01. The molecule has 1 saturated heterocycles. The first-order valence-electron chi connectivity index (χ1n) is 8.24. The summed E-state index contributed by atoms with van der Waals surface area (Å²) in [6, 6.07) is 3.82. The molecule has 6 nitrogen and oxygen atoms in total.